The molecule has 4 nitrogen and oxygen atoms in total. The number of benzene rings is 1. The van der Waals surface area contributed by atoms with E-state index in [1.54, 1.807) is 12.1 Å². The van der Waals surface area contributed by atoms with Crippen LogP contribution < -0.4 is 4.74 Å². The highest BCUT2D eigenvalue weighted by Crippen LogP contribution is 2.17. The van der Waals surface area contributed by atoms with E-state index in [2.05, 4.69) is 6.92 Å². The molecule has 0 unspecified atom stereocenters. The first-order valence-electron chi connectivity index (χ1n) is 13.2. The van der Waals surface area contributed by atoms with Gasteiger partial charge >= 0.3 is 5.97 Å². The van der Waals surface area contributed by atoms with Crippen molar-refractivity contribution in [2.24, 2.45) is 0 Å². The number of aliphatic carboxylic acids is 1. The van der Waals surface area contributed by atoms with Crippen molar-refractivity contribution in [2.75, 3.05) is 6.61 Å². The summed E-state index contributed by atoms with van der Waals surface area (Å²) >= 11 is 0. The molecular weight excluding hydrogens is 412 g/mol. The van der Waals surface area contributed by atoms with Gasteiger partial charge in [0.25, 0.3) is 0 Å². The maximum Gasteiger partial charge on any atom is 0.339 e. The van der Waals surface area contributed by atoms with E-state index in [1.807, 2.05) is 12.1 Å². The van der Waals surface area contributed by atoms with Crippen LogP contribution in [0.2, 0.25) is 0 Å². The standard InChI is InChI=1S/C29H46O4/c1-3-4-5-6-7-8-9-10-11-12-13-14-15-16-17-18-23-33-27-21-19-26(20-22-27)24-28(25(2)30)29(31)32/h19-22,24H,3-18,23H2,1-2H3,(H,31,32). The van der Waals surface area contributed by atoms with Gasteiger partial charge in [0.2, 0.25) is 0 Å². The molecule has 0 heterocycles. The van der Waals surface area contributed by atoms with Gasteiger partial charge in [-0.3, -0.25) is 4.79 Å². The summed E-state index contributed by atoms with van der Waals surface area (Å²) in [6, 6.07) is 7.18. The average Bonchev–Trinajstić information content (AvgIpc) is 2.80. The number of carbonyl (C=O) groups is 2. The topological polar surface area (TPSA) is 63.6 Å². The Morgan fingerprint density at radius 3 is 1.55 bits per heavy atom. The molecule has 0 fully saturated rings. The predicted octanol–water partition coefficient (Wildman–Crippen LogP) is 8.38. The molecule has 0 aliphatic carbocycles. The van der Waals surface area contributed by atoms with Crippen LogP contribution in [-0.2, 0) is 9.59 Å². The molecule has 4 heteroatoms. The van der Waals surface area contributed by atoms with Crippen molar-refractivity contribution in [3.8, 4) is 5.75 Å². The molecular formula is C29H46O4. The lowest BCUT2D eigenvalue weighted by atomic mass is 10.0. The fraction of sp³-hybridized carbons (Fsp3) is 0.655. The summed E-state index contributed by atoms with van der Waals surface area (Å²) in [6.45, 7) is 4.23. The molecule has 0 aliphatic heterocycles. The summed E-state index contributed by atoms with van der Waals surface area (Å²) in [5, 5.41) is 9.06. The smallest absolute Gasteiger partial charge is 0.339 e. The van der Waals surface area contributed by atoms with Gasteiger partial charge in [0.1, 0.15) is 11.3 Å². The Bertz CT molecular complexity index is 659. The van der Waals surface area contributed by atoms with Crippen LogP contribution in [0.15, 0.2) is 29.8 Å². The van der Waals surface area contributed by atoms with Gasteiger partial charge in [-0.05, 0) is 37.1 Å². The maximum absolute atomic E-state index is 11.4. The van der Waals surface area contributed by atoms with Gasteiger partial charge in [-0.2, -0.15) is 0 Å². The number of carboxylic acids is 1. The molecule has 186 valence electrons. The van der Waals surface area contributed by atoms with Gasteiger partial charge in [-0.15, -0.1) is 0 Å². The molecule has 0 spiro atoms. The fourth-order valence-corrected chi connectivity index (χ4v) is 3.98. The van der Waals surface area contributed by atoms with E-state index in [9.17, 15) is 9.59 Å². The molecule has 0 bridgehead atoms. The Morgan fingerprint density at radius 2 is 1.15 bits per heavy atom. The van der Waals surface area contributed by atoms with Crippen molar-refractivity contribution in [1.82, 2.24) is 0 Å². The molecule has 1 rings (SSSR count). The van der Waals surface area contributed by atoms with Crippen LogP contribution in [0, 0.1) is 0 Å². The van der Waals surface area contributed by atoms with E-state index >= 15 is 0 Å². The van der Waals surface area contributed by atoms with E-state index in [1.165, 1.54) is 109 Å². The van der Waals surface area contributed by atoms with Crippen LogP contribution in [0.25, 0.3) is 6.08 Å². The van der Waals surface area contributed by atoms with Gasteiger partial charge in [0.15, 0.2) is 5.78 Å². The van der Waals surface area contributed by atoms with Gasteiger partial charge in [0, 0.05) is 0 Å². The Hall–Kier alpha value is -2.10. The highest BCUT2D eigenvalue weighted by Gasteiger charge is 2.12. The van der Waals surface area contributed by atoms with Gasteiger partial charge in [-0.1, -0.05) is 115 Å². The van der Waals surface area contributed by atoms with Crippen LogP contribution in [0.3, 0.4) is 0 Å². The van der Waals surface area contributed by atoms with Crippen molar-refractivity contribution in [2.45, 2.75) is 117 Å². The molecule has 0 aromatic heterocycles. The van der Waals surface area contributed by atoms with Crippen molar-refractivity contribution in [3.63, 3.8) is 0 Å². The Kier molecular flexibility index (Phi) is 17.0. The number of unbranched alkanes of at least 4 members (excludes halogenated alkanes) is 15. The average molecular weight is 459 g/mol. The van der Waals surface area contributed by atoms with Crippen molar-refractivity contribution in [3.05, 3.63) is 35.4 Å². The second-order valence-corrected chi connectivity index (χ2v) is 9.14. The van der Waals surface area contributed by atoms with Crippen LogP contribution in [0.4, 0.5) is 0 Å². The number of Topliss-reactive ketones (excluding diaryl/α,β-unsaturated/α-hetero) is 1. The molecule has 0 amide bonds. The number of ketones is 1. The van der Waals surface area contributed by atoms with Gasteiger partial charge < -0.3 is 9.84 Å². The quantitative estimate of drug-likeness (QED) is 0.0869. The molecule has 0 saturated carbocycles. The highest BCUT2D eigenvalue weighted by molar-refractivity contribution is 6.19. The summed E-state index contributed by atoms with van der Waals surface area (Å²) in [5.41, 5.74) is 0.467. The Morgan fingerprint density at radius 1 is 0.727 bits per heavy atom. The molecule has 0 atom stereocenters. The molecule has 0 saturated heterocycles. The second kappa shape index (κ2) is 19.4. The number of carboxylic acid groups (broad SMARTS) is 1. The lowest BCUT2D eigenvalue weighted by Crippen LogP contribution is -2.08. The van der Waals surface area contributed by atoms with E-state index in [0.29, 0.717) is 12.2 Å². The largest absolute Gasteiger partial charge is 0.494 e. The zero-order chi connectivity index (χ0) is 24.2. The van der Waals surface area contributed by atoms with Crippen LogP contribution >= 0.6 is 0 Å². The van der Waals surface area contributed by atoms with Crippen molar-refractivity contribution in [1.29, 1.82) is 0 Å². The van der Waals surface area contributed by atoms with E-state index < -0.39 is 11.8 Å². The molecule has 1 aromatic carbocycles. The van der Waals surface area contributed by atoms with E-state index in [0.717, 1.165) is 12.2 Å². The summed E-state index contributed by atoms with van der Waals surface area (Å²) in [7, 11) is 0. The van der Waals surface area contributed by atoms with E-state index in [4.69, 9.17) is 9.84 Å². The summed E-state index contributed by atoms with van der Waals surface area (Å²) in [5.74, 6) is -0.884. The maximum atomic E-state index is 11.4. The monoisotopic (exact) mass is 458 g/mol. The summed E-state index contributed by atoms with van der Waals surface area (Å²) in [4.78, 5) is 22.4. The van der Waals surface area contributed by atoms with Crippen LogP contribution in [0.5, 0.6) is 5.75 Å². The number of carbonyl (C=O) groups excluding carboxylic acids is 1. The van der Waals surface area contributed by atoms with Gasteiger partial charge in [0.05, 0.1) is 6.61 Å². The lowest BCUT2D eigenvalue weighted by Gasteiger charge is -2.07. The normalized spacial score (nSPS) is 11.5. The predicted molar refractivity (Wildman–Crippen MR) is 138 cm³/mol. The number of hydrogen-bond donors (Lipinski definition) is 1. The third kappa shape index (κ3) is 15.4. The first kappa shape index (κ1) is 28.9. The fourth-order valence-electron chi connectivity index (χ4n) is 3.98. The first-order chi connectivity index (χ1) is 16.0. The van der Waals surface area contributed by atoms with Crippen LogP contribution in [-0.4, -0.2) is 23.5 Å². The van der Waals surface area contributed by atoms with E-state index in [-0.39, 0.29) is 5.57 Å². The third-order valence-corrected chi connectivity index (χ3v) is 6.07. The van der Waals surface area contributed by atoms with Crippen LogP contribution in [0.1, 0.15) is 122 Å². The lowest BCUT2D eigenvalue weighted by molar-refractivity contribution is -0.134. The Balaban J connectivity index is 1.97. The molecule has 1 N–H and O–H groups in total. The zero-order valence-corrected chi connectivity index (χ0v) is 21.1. The summed E-state index contributed by atoms with van der Waals surface area (Å²) < 4.78 is 5.78. The van der Waals surface area contributed by atoms with Crippen molar-refractivity contribution < 1.29 is 19.4 Å². The highest BCUT2D eigenvalue weighted by atomic mass is 16.5. The van der Waals surface area contributed by atoms with Crippen molar-refractivity contribution >= 4 is 17.8 Å². The molecule has 0 aliphatic rings. The minimum absolute atomic E-state index is 0.211. The SMILES string of the molecule is CCCCCCCCCCCCCCCCCCOc1ccc(C=C(C(C)=O)C(=O)O)cc1. The Labute approximate surface area is 201 Å². The third-order valence-electron chi connectivity index (χ3n) is 6.07. The molecule has 1 aromatic rings. The minimum atomic E-state index is -1.20. The summed E-state index contributed by atoms with van der Waals surface area (Å²) in [6.07, 6.45) is 23.1. The first-order valence-corrected chi connectivity index (χ1v) is 13.2. The molecule has 33 heavy (non-hydrogen) atoms. The number of ether oxygens (including phenoxy) is 1. The second-order valence-electron chi connectivity index (χ2n) is 9.14. The molecule has 0 radical (unpaired) electrons. The zero-order valence-electron chi connectivity index (χ0n) is 21.1. The minimum Gasteiger partial charge on any atom is -0.494 e. The number of rotatable bonds is 21. The van der Waals surface area contributed by atoms with Gasteiger partial charge in [-0.25, -0.2) is 4.79 Å². The number of hydrogen-bond acceptors (Lipinski definition) is 3.